The number of halogens is 2. The van der Waals surface area contributed by atoms with Crippen molar-refractivity contribution < 1.29 is 9.18 Å². The predicted octanol–water partition coefficient (Wildman–Crippen LogP) is 2.30. The first-order valence-corrected chi connectivity index (χ1v) is 6.40. The summed E-state index contributed by atoms with van der Waals surface area (Å²) in [6, 6.07) is 4.26. The lowest BCUT2D eigenvalue weighted by atomic mass is 10.1. The fourth-order valence-corrected chi connectivity index (χ4v) is 2.34. The summed E-state index contributed by atoms with van der Waals surface area (Å²) in [5.41, 5.74) is 0.0764. The number of benzene rings is 1. The SMILES string of the molecule is CN(C(=O)c1ccc(Cl)cc1F)C1CCCNC1. The molecule has 1 fully saturated rings. The van der Waals surface area contributed by atoms with Crippen molar-refractivity contribution in [3.05, 3.63) is 34.6 Å². The average Bonchev–Trinajstić information content (AvgIpc) is 2.38. The second-order valence-corrected chi connectivity index (χ2v) is 4.98. The van der Waals surface area contributed by atoms with E-state index in [0.29, 0.717) is 5.02 Å². The molecular weight excluding hydrogens is 255 g/mol. The van der Waals surface area contributed by atoms with E-state index in [1.165, 1.54) is 18.2 Å². The van der Waals surface area contributed by atoms with E-state index < -0.39 is 5.82 Å². The van der Waals surface area contributed by atoms with Crippen LogP contribution in [0.3, 0.4) is 0 Å². The minimum Gasteiger partial charge on any atom is -0.337 e. The number of hydrogen-bond acceptors (Lipinski definition) is 2. The highest BCUT2D eigenvalue weighted by atomic mass is 35.5. The summed E-state index contributed by atoms with van der Waals surface area (Å²) >= 11 is 5.67. The van der Waals surface area contributed by atoms with Gasteiger partial charge in [0.2, 0.25) is 0 Å². The largest absolute Gasteiger partial charge is 0.337 e. The fraction of sp³-hybridized carbons (Fsp3) is 0.462. The molecule has 1 amide bonds. The first kappa shape index (κ1) is 13.3. The third-order valence-corrected chi connectivity index (χ3v) is 3.54. The van der Waals surface area contributed by atoms with Crippen LogP contribution in [0.4, 0.5) is 4.39 Å². The minimum absolute atomic E-state index is 0.0764. The van der Waals surface area contributed by atoms with Crippen molar-refractivity contribution in [1.29, 1.82) is 0 Å². The van der Waals surface area contributed by atoms with E-state index in [2.05, 4.69) is 5.32 Å². The quantitative estimate of drug-likeness (QED) is 0.894. The van der Waals surface area contributed by atoms with E-state index in [9.17, 15) is 9.18 Å². The molecule has 1 aromatic rings. The first-order valence-electron chi connectivity index (χ1n) is 6.02. The van der Waals surface area contributed by atoms with Gasteiger partial charge in [-0.3, -0.25) is 4.79 Å². The molecule has 2 rings (SSSR count). The van der Waals surface area contributed by atoms with Crippen molar-refractivity contribution in [1.82, 2.24) is 10.2 Å². The van der Waals surface area contributed by atoms with Crippen molar-refractivity contribution >= 4 is 17.5 Å². The van der Waals surface area contributed by atoms with Gasteiger partial charge in [-0.25, -0.2) is 4.39 Å². The summed E-state index contributed by atoms with van der Waals surface area (Å²) in [6.07, 6.45) is 1.98. The first-order chi connectivity index (χ1) is 8.59. The molecule has 0 bridgehead atoms. The maximum atomic E-state index is 13.7. The summed E-state index contributed by atoms with van der Waals surface area (Å²) in [6.45, 7) is 1.74. The number of carbonyl (C=O) groups excluding carboxylic acids is 1. The number of carbonyl (C=O) groups is 1. The summed E-state index contributed by atoms with van der Waals surface area (Å²) < 4.78 is 13.7. The summed E-state index contributed by atoms with van der Waals surface area (Å²) in [5, 5.41) is 3.53. The van der Waals surface area contributed by atoms with E-state index in [-0.39, 0.29) is 17.5 Å². The van der Waals surface area contributed by atoms with Crippen LogP contribution in [0.2, 0.25) is 5.02 Å². The van der Waals surface area contributed by atoms with Crippen molar-refractivity contribution in [2.45, 2.75) is 18.9 Å². The van der Waals surface area contributed by atoms with E-state index in [4.69, 9.17) is 11.6 Å². The molecule has 5 heteroatoms. The molecule has 1 aromatic carbocycles. The van der Waals surface area contributed by atoms with Gasteiger partial charge in [0.25, 0.3) is 5.91 Å². The highest BCUT2D eigenvalue weighted by Crippen LogP contribution is 2.18. The number of hydrogen-bond donors (Lipinski definition) is 1. The Bertz CT molecular complexity index is 447. The van der Waals surface area contributed by atoms with Gasteiger partial charge in [0.1, 0.15) is 5.82 Å². The molecule has 1 aliphatic heterocycles. The van der Waals surface area contributed by atoms with Crippen LogP contribution in [0.25, 0.3) is 0 Å². The van der Waals surface area contributed by atoms with Crippen LogP contribution in [0.15, 0.2) is 18.2 Å². The molecular formula is C13H16ClFN2O. The Morgan fingerprint density at radius 1 is 1.56 bits per heavy atom. The number of likely N-dealkylation sites (N-methyl/N-ethyl adjacent to an activating group) is 1. The predicted molar refractivity (Wildman–Crippen MR) is 69.4 cm³/mol. The molecule has 98 valence electrons. The maximum absolute atomic E-state index is 13.7. The molecule has 1 unspecified atom stereocenters. The molecule has 3 nitrogen and oxygen atoms in total. The lowest BCUT2D eigenvalue weighted by Gasteiger charge is -2.31. The zero-order valence-electron chi connectivity index (χ0n) is 10.2. The Morgan fingerprint density at radius 2 is 2.33 bits per heavy atom. The zero-order chi connectivity index (χ0) is 13.1. The van der Waals surface area contributed by atoms with Crippen LogP contribution in [0, 0.1) is 5.82 Å². The van der Waals surface area contributed by atoms with Crippen LogP contribution >= 0.6 is 11.6 Å². The topological polar surface area (TPSA) is 32.3 Å². The number of amides is 1. The second kappa shape index (κ2) is 5.67. The van der Waals surface area contributed by atoms with Gasteiger partial charge < -0.3 is 10.2 Å². The smallest absolute Gasteiger partial charge is 0.256 e. The Morgan fingerprint density at radius 3 is 2.94 bits per heavy atom. The summed E-state index contributed by atoms with van der Waals surface area (Å²) in [5.74, 6) is -0.860. The average molecular weight is 271 g/mol. The number of nitrogens with one attached hydrogen (secondary N) is 1. The van der Waals surface area contributed by atoms with Gasteiger partial charge in [0.15, 0.2) is 0 Å². The van der Waals surface area contributed by atoms with Crippen LogP contribution in [-0.2, 0) is 0 Å². The number of nitrogens with zero attached hydrogens (tertiary/aromatic N) is 1. The van der Waals surface area contributed by atoms with Gasteiger partial charge >= 0.3 is 0 Å². The number of piperidine rings is 1. The standard InChI is InChI=1S/C13H16ClFN2O/c1-17(10-3-2-6-16-8-10)13(18)11-5-4-9(14)7-12(11)15/h4-5,7,10,16H,2-3,6,8H2,1H3. The molecule has 1 atom stereocenters. The van der Waals surface area contributed by atoms with Gasteiger partial charge in [-0.2, -0.15) is 0 Å². The fourth-order valence-electron chi connectivity index (χ4n) is 2.18. The molecule has 0 radical (unpaired) electrons. The Balaban J connectivity index is 2.14. The normalized spacial score (nSPS) is 19.6. The molecule has 1 heterocycles. The summed E-state index contributed by atoms with van der Waals surface area (Å²) in [4.78, 5) is 13.8. The van der Waals surface area contributed by atoms with Crippen molar-refractivity contribution in [3.8, 4) is 0 Å². The van der Waals surface area contributed by atoms with E-state index in [1.54, 1.807) is 11.9 Å². The summed E-state index contributed by atoms with van der Waals surface area (Å²) in [7, 11) is 1.72. The maximum Gasteiger partial charge on any atom is 0.256 e. The Hall–Kier alpha value is -1.13. The lowest BCUT2D eigenvalue weighted by molar-refractivity contribution is 0.0703. The Kier molecular flexibility index (Phi) is 4.19. The van der Waals surface area contributed by atoms with Crippen molar-refractivity contribution in [2.75, 3.05) is 20.1 Å². The third kappa shape index (κ3) is 2.82. The van der Waals surface area contributed by atoms with E-state index >= 15 is 0 Å². The van der Waals surface area contributed by atoms with Gasteiger partial charge in [-0.15, -0.1) is 0 Å². The van der Waals surface area contributed by atoms with E-state index in [0.717, 1.165) is 25.9 Å². The molecule has 1 N–H and O–H groups in total. The highest BCUT2D eigenvalue weighted by Gasteiger charge is 2.24. The minimum atomic E-state index is -0.567. The molecule has 18 heavy (non-hydrogen) atoms. The molecule has 1 aliphatic rings. The Labute approximate surface area is 111 Å². The van der Waals surface area contributed by atoms with Crippen LogP contribution < -0.4 is 5.32 Å². The van der Waals surface area contributed by atoms with Crippen LogP contribution in [-0.4, -0.2) is 37.0 Å². The molecule has 0 spiro atoms. The van der Waals surface area contributed by atoms with Gasteiger partial charge in [-0.05, 0) is 37.6 Å². The van der Waals surface area contributed by atoms with E-state index in [1.807, 2.05) is 0 Å². The second-order valence-electron chi connectivity index (χ2n) is 4.54. The zero-order valence-corrected chi connectivity index (χ0v) is 11.0. The van der Waals surface area contributed by atoms with Crippen molar-refractivity contribution in [3.63, 3.8) is 0 Å². The molecule has 0 aromatic heterocycles. The molecule has 0 saturated carbocycles. The van der Waals surface area contributed by atoms with Gasteiger partial charge in [0.05, 0.1) is 5.56 Å². The van der Waals surface area contributed by atoms with Gasteiger partial charge in [0, 0.05) is 24.7 Å². The highest BCUT2D eigenvalue weighted by molar-refractivity contribution is 6.30. The molecule has 0 aliphatic carbocycles. The van der Waals surface area contributed by atoms with Crippen LogP contribution in [0.1, 0.15) is 23.2 Å². The number of rotatable bonds is 2. The van der Waals surface area contributed by atoms with Gasteiger partial charge in [-0.1, -0.05) is 11.6 Å². The monoisotopic (exact) mass is 270 g/mol. The third-order valence-electron chi connectivity index (χ3n) is 3.30. The van der Waals surface area contributed by atoms with Crippen molar-refractivity contribution in [2.24, 2.45) is 0 Å². The van der Waals surface area contributed by atoms with Crippen LogP contribution in [0.5, 0.6) is 0 Å². The molecule has 1 saturated heterocycles. The lowest BCUT2D eigenvalue weighted by Crippen LogP contribution is -2.46.